The maximum Gasteiger partial charge on any atom is 0.340 e. The van der Waals surface area contributed by atoms with Crippen LogP contribution in [0, 0.1) is 0 Å². The van der Waals surface area contributed by atoms with Gasteiger partial charge in [-0.15, -0.1) is 0 Å². The fourth-order valence-electron chi connectivity index (χ4n) is 2.31. The Morgan fingerprint density at radius 2 is 1.38 bits per heavy atom. The first kappa shape index (κ1) is 16.2. The van der Waals surface area contributed by atoms with E-state index in [-0.39, 0.29) is 6.61 Å². The smallest absolute Gasteiger partial charge is 0.340 e. The Hall–Kier alpha value is -2.70. The van der Waals surface area contributed by atoms with E-state index in [4.69, 9.17) is 14.2 Å². The molecule has 0 saturated carbocycles. The summed E-state index contributed by atoms with van der Waals surface area (Å²) in [5, 5.41) is 9.95. The summed E-state index contributed by atoms with van der Waals surface area (Å²) in [5.74, 6) is -1.23. The Morgan fingerprint density at radius 1 is 0.875 bits per heavy atom. The number of ether oxygens (including phenoxy) is 3. The Balaban J connectivity index is 1.67. The maximum absolute atomic E-state index is 12.1. The van der Waals surface area contributed by atoms with Crippen molar-refractivity contribution in [2.45, 2.75) is 18.5 Å². The van der Waals surface area contributed by atoms with Crippen LogP contribution < -0.4 is 0 Å². The van der Waals surface area contributed by atoms with Gasteiger partial charge in [-0.25, -0.2) is 9.59 Å². The first-order valence-corrected chi connectivity index (χ1v) is 7.47. The normalized spacial score (nSPS) is 22.8. The van der Waals surface area contributed by atoms with Gasteiger partial charge in [-0.2, -0.15) is 0 Å². The van der Waals surface area contributed by atoms with Crippen molar-refractivity contribution in [3.05, 3.63) is 71.8 Å². The standard InChI is InChI=1S/C18H16O6/c19-14-11-22-18(24-17(21)13-9-5-2-6-10-13)15(14)23-16(20)12-7-3-1-4-8-12/h1-10,14-15,18-19H,11H2/t14-,15+,18?/m0/s1. The molecule has 0 spiro atoms. The molecule has 0 bridgehead atoms. The van der Waals surface area contributed by atoms with Crippen LogP contribution >= 0.6 is 0 Å². The molecule has 1 aliphatic heterocycles. The van der Waals surface area contributed by atoms with E-state index < -0.39 is 30.4 Å². The zero-order valence-corrected chi connectivity index (χ0v) is 12.7. The summed E-state index contributed by atoms with van der Waals surface area (Å²) in [7, 11) is 0. The third kappa shape index (κ3) is 3.61. The zero-order valence-electron chi connectivity index (χ0n) is 12.7. The molecule has 0 aromatic heterocycles. The third-order valence-corrected chi connectivity index (χ3v) is 3.56. The second kappa shape index (κ2) is 7.25. The summed E-state index contributed by atoms with van der Waals surface area (Å²) in [4.78, 5) is 24.2. The molecule has 1 saturated heterocycles. The van der Waals surface area contributed by atoms with Gasteiger partial charge < -0.3 is 19.3 Å². The SMILES string of the molecule is O=C(OC1OC[C@H](O)[C@H]1OC(=O)c1ccccc1)c1ccccc1. The lowest BCUT2D eigenvalue weighted by Crippen LogP contribution is -2.37. The minimum Gasteiger partial charge on any atom is -0.449 e. The Bertz CT molecular complexity index is 700. The maximum atomic E-state index is 12.1. The van der Waals surface area contributed by atoms with Crippen LogP contribution in [0.1, 0.15) is 20.7 Å². The highest BCUT2D eigenvalue weighted by atomic mass is 16.7. The molecule has 3 rings (SSSR count). The van der Waals surface area contributed by atoms with Gasteiger partial charge in [-0.3, -0.25) is 0 Å². The number of hydrogen-bond donors (Lipinski definition) is 1. The van der Waals surface area contributed by atoms with Crippen molar-refractivity contribution in [2.24, 2.45) is 0 Å². The molecular formula is C18H16O6. The molecule has 2 aromatic rings. The summed E-state index contributed by atoms with van der Waals surface area (Å²) in [5.41, 5.74) is 0.681. The van der Waals surface area contributed by atoms with Gasteiger partial charge in [0.15, 0.2) is 6.10 Å². The summed E-state index contributed by atoms with van der Waals surface area (Å²) in [6.45, 7) is -0.0839. The highest BCUT2D eigenvalue weighted by Crippen LogP contribution is 2.22. The number of benzene rings is 2. The number of aliphatic hydroxyl groups excluding tert-OH is 1. The van der Waals surface area contributed by atoms with Gasteiger partial charge in [0.2, 0.25) is 6.29 Å². The van der Waals surface area contributed by atoms with Gasteiger partial charge in [0.05, 0.1) is 17.7 Å². The molecular weight excluding hydrogens is 312 g/mol. The van der Waals surface area contributed by atoms with E-state index in [1.807, 2.05) is 0 Å². The Morgan fingerprint density at radius 3 is 1.92 bits per heavy atom. The van der Waals surface area contributed by atoms with E-state index in [0.717, 1.165) is 0 Å². The van der Waals surface area contributed by atoms with Gasteiger partial charge in [0.25, 0.3) is 0 Å². The molecule has 1 unspecified atom stereocenters. The molecule has 1 aliphatic rings. The summed E-state index contributed by atoms with van der Waals surface area (Å²) in [6.07, 6.45) is -3.29. The number of carbonyl (C=O) groups is 2. The van der Waals surface area contributed by atoms with E-state index in [1.165, 1.54) is 0 Å². The first-order valence-electron chi connectivity index (χ1n) is 7.47. The molecule has 124 valence electrons. The largest absolute Gasteiger partial charge is 0.449 e. The second-order valence-corrected chi connectivity index (χ2v) is 5.28. The lowest BCUT2D eigenvalue weighted by Gasteiger charge is -2.20. The van der Waals surface area contributed by atoms with Crippen molar-refractivity contribution in [2.75, 3.05) is 6.61 Å². The molecule has 6 nitrogen and oxygen atoms in total. The summed E-state index contributed by atoms with van der Waals surface area (Å²) < 4.78 is 15.7. The molecule has 24 heavy (non-hydrogen) atoms. The van der Waals surface area contributed by atoms with Crippen molar-refractivity contribution in [1.82, 2.24) is 0 Å². The molecule has 0 amide bonds. The van der Waals surface area contributed by atoms with Crippen molar-refractivity contribution in [3.8, 4) is 0 Å². The monoisotopic (exact) mass is 328 g/mol. The lowest BCUT2D eigenvalue weighted by atomic mass is 10.2. The van der Waals surface area contributed by atoms with Crippen molar-refractivity contribution >= 4 is 11.9 Å². The minimum atomic E-state index is -1.15. The molecule has 3 atom stereocenters. The van der Waals surface area contributed by atoms with E-state index in [1.54, 1.807) is 60.7 Å². The van der Waals surface area contributed by atoms with Crippen LogP contribution in [0.3, 0.4) is 0 Å². The fourth-order valence-corrected chi connectivity index (χ4v) is 2.31. The molecule has 1 heterocycles. The van der Waals surface area contributed by atoms with E-state index in [9.17, 15) is 14.7 Å². The highest BCUT2D eigenvalue weighted by Gasteiger charge is 2.42. The topological polar surface area (TPSA) is 82.1 Å². The van der Waals surface area contributed by atoms with Crippen LogP contribution in [-0.2, 0) is 14.2 Å². The molecule has 1 fully saturated rings. The number of rotatable bonds is 4. The molecule has 1 N–H and O–H groups in total. The van der Waals surface area contributed by atoms with Crippen molar-refractivity contribution < 1.29 is 28.9 Å². The van der Waals surface area contributed by atoms with Gasteiger partial charge >= 0.3 is 11.9 Å². The van der Waals surface area contributed by atoms with Gasteiger partial charge in [-0.05, 0) is 24.3 Å². The average molecular weight is 328 g/mol. The van der Waals surface area contributed by atoms with Crippen LogP contribution in [0.2, 0.25) is 0 Å². The molecule has 0 radical (unpaired) electrons. The fraction of sp³-hybridized carbons (Fsp3) is 0.222. The zero-order chi connectivity index (χ0) is 16.9. The van der Waals surface area contributed by atoms with Crippen LogP contribution in [0.5, 0.6) is 0 Å². The van der Waals surface area contributed by atoms with Gasteiger partial charge in [0.1, 0.15) is 6.10 Å². The number of carbonyl (C=O) groups excluding carboxylic acids is 2. The van der Waals surface area contributed by atoms with E-state index in [2.05, 4.69) is 0 Å². The van der Waals surface area contributed by atoms with Crippen molar-refractivity contribution in [1.29, 1.82) is 0 Å². The first-order chi connectivity index (χ1) is 11.6. The Kier molecular flexibility index (Phi) is 4.88. The quantitative estimate of drug-likeness (QED) is 0.862. The minimum absolute atomic E-state index is 0.0839. The average Bonchev–Trinajstić information content (AvgIpc) is 2.96. The Labute approximate surface area is 138 Å². The third-order valence-electron chi connectivity index (χ3n) is 3.56. The summed E-state index contributed by atoms with van der Waals surface area (Å²) in [6, 6.07) is 16.7. The number of esters is 2. The number of aliphatic hydroxyl groups is 1. The molecule has 6 heteroatoms. The van der Waals surface area contributed by atoms with Gasteiger partial charge in [0, 0.05) is 0 Å². The van der Waals surface area contributed by atoms with Crippen LogP contribution in [-0.4, -0.2) is 42.1 Å². The van der Waals surface area contributed by atoms with Gasteiger partial charge in [-0.1, -0.05) is 36.4 Å². The van der Waals surface area contributed by atoms with Crippen LogP contribution in [0.4, 0.5) is 0 Å². The molecule has 0 aliphatic carbocycles. The second-order valence-electron chi connectivity index (χ2n) is 5.28. The number of hydrogen-bond acceptors (Lipinski definition) is 6. The molecule has 2 aromatic carbocycles. The van der Waals surface area contributed by atoms with E-state index in [0.29, 0.717) is 11.1 Å². The lowest BCUT2D eigenvalue weighted by molar-refractivity contribution is -0.124. The highest BCUT2D eigenvalue weighted by molar-refractivity contribution is 5.90. The summed E-state index contributed by atoms with van der Waals surface area (Å²) >= 11 is 0. The van der Waals surface area contributed by atoms with Crippen molar-refractivity contribution in [3.63, 3.8) is 0 Å². The van der Waals surface area contributed by atoms with Crippen LogP contribution in [0.15, 0.2) is 60.7 Å². The van der Waals surface area contributed by atoms with Crippen LogP contribution in [0.25, 0.3) is 0 Å². The van der Waals surface area contributed by atoms with E-state index >= 15 is 0 Å². The predicted octanol–water partition coefficient (Wildman–Crippen LogP) is 1.79. The predicted molar refractivity (Wildman–Crippen MR) is 83.2 cm³/mol.